The Hall–Kier alpha value is -6.96. The summed E-state index contributed by atoms with van der Waals surface area (Å²) in [6.07, 6.45) is 0. The molecule has 0 saturated heterocycles. The van der Waals surface area contributed by atoms with E-state index in [4.69, 9.17) is 4.42 Å². The molecule has 1 nitrogen and oxygen atoms in total. The molecule has 0 bridgehead atoms. The summed E-state index contributed by atoms with van der Waals surface area (Å²) in [6, 6.07) is 67.1. The molecule has 1 heteroatoms. The zero-order chi connectivity index (χ0) is 37.1. The minimum Gasteiger partial charge on any atom is -0.455 e. The molecule has 1 aliphatic rings. The molecule has 1 aliphatic carbocycles. The third-order valence-electron chi connectivity index (χ3n) is 12.6. The predicted molar refractivity (Wildman–Crippen MR) is 238 cm³/mol. The van der Waals surface area contributed by atoms with Gasteiger partial charge in [-0.3, -0.25) is 0 Å². The van der Waals surface area contributed by atoms with Crippen molar-refractivity contribution in [1.29, 1.82) is 0 Å². The summed E-state index contributed by atoms with van der Waals surface area (Å²) in [5.41, 5.74) is 14.4. The monoisotopic (exact) mass is 712 g/mol. The molecule has 0 saturated carbocycles. The Morgan fingerprint density at radius 2 is 0.839 bits per heavy atom. The van der Waals surface area contributed by atoms with Crippen LogP contribution in [0.4, 0.5) is 0 Å². The third kappa shape index (κ3) is 4.31. The summed E-state index contributed by atoms with van der Waals surface area (Å²) in [7, 11) is 0. The molecule has 0 amide bonds. The van der Waals surface area contributed by atoms with Crippen molar-refractivity contribution in [3.63, 3.8) is 0 Å². The van der Waals surface area contributed by atoms with Gasteiger partial charge in [0.2, 0.25) is 0 Å². The lowest BCUT2D eigenvalue weighted by molar-refractivity contribution is 0.660. The minimum absolute atomic E-state index is 0.219. The van der Waals surface area contributed by atoms with E-state index in [2.05, 4.69) is 196 Å². The summed E-state index contributed by atoms with van der Waals surface area (Å²) < 4.78 is 6.67. The van der Waals surface area contributed by atoms with Gasteiger partial charge in [0.05, 0.1) is 0 Å². The molecule has 0 unspecified atom stereocenters. The van der Waals surface area contributed by atoms with Gasteiger partial charge < -0.3 is 4.42 Å². The Morgan fingerprint density at radius 1 is 0.339 bits per heavy atom. The molecule has 56 heavy (non-hydrogen) atoms. The van der Waals surface area contributed by atoms with Crippen LogP contribution in [0.5, 0.6) is 0 Å². The molecule has 0 aliphatic heterocycles. The zero-order valence-electron chi connectivity index (χ0n) is 31.2. The number of rotatable bonds is 3. The second kappa shape index (κ2) is 11.5. The van der Waals surface area contributed by atoms with Crippen molar-refractivity contribution in [1.82, 2.24) is 0 Å². The first-order valence-corrected chi connectivity index (χ1v) is 19.6. The first kappa shape index (κ1) is 31.4. The van der Waals surface area contributed by atoms with Gasteiger partial charge in [-0.2, -0.15) is 0 Å². The molecule has 11 aromatic rings. The molecule has 12 rings (SSSR count). The molecule has 0 spiro atoms. The second-order valence-corrected chi connectivity index (χ2v) is 16.0. The molecule has 1 aromatic heterocycles. The fourth-order valence-corrected chi connectivity index (χ4v) is 10.0. The highest BCUT2D eigenvalue weighted by atomic mass is 16.3. The molecule has 0 atom stereocenters. The molecular weight excluding hydrogens is 677 g/mol. The van der Waals surface area contributed by atoms with E-state index in [1.807, 2.05) is 0 Å². The Labute approximate surface area is 325 Å². The predicted octanol–water partition coefficient (Wildman–Crippen LogP) is 15.5. The van der Waals surface area contributed by atoms with Crippen molar-refractivity contribution in [3.05, 3.63) is 193 Å². The summed E-state index contributed by atoms with van der Waals surface area (Å²) in [4.78, 5) is 0. The van der Waals surface area contributed by atoms with Gasteiger partial charge in [0.15, 0.2) is 0 Å². The lowest BCUT2D eigenvalue weighted by Crippen LogP contribution is -2.15. The van der Waals surface area contributed by atoms with E-state index >= 15 is 0 Å². The van der Waals surface area contributed by atoms with E-state index in [9.17, 15) is 0 Å². The van der Waals surface area contributed by atoms with Crippen molar-refractivity contribution in [2.24, 2.45) is 0 Å². The zero-order valence-corrected chi connectivity index (χ0v) is 31.2. The van der Waals surface area contributed by atoms with Gasteiger partial charge in [-0.15, -0.1) is 0 Å². The Kier molecular flexibility index (Phi) is 6.46. The van der Waals surface area contributed by atoms with Crippen molar-refractivity contribution in [2.45, 2.75) is 19.3 Å². The summed E-state index contributed by atoms with van der Waals surface area (Å²) in [5.74, 6) is 0. The average Bonchev–Trinajstić information content (AvgIpc) is 3.72. The number of fused-ring (bicyclic) bond motifs is 10. The second-order valence-electron chi connectivity index (χ2n) is 16.0. The fraction of sp³-hybridized carbons (Fsp3) is 0.0545. The summed E-state index contributed by atoms with van der Waals surface area (Å²) in [5, 5.41) is 12.4. The lowest BCUT2D eigenvalue weighted by Gasteiger charge is -2.24. The van der Waals surface area contributed by atoms with E-state index in [-0.39, 0.29) is 5.41 Å². The summed E-state index contributed by atoms with van der Waals surface area (Å²) in [6.45, 7) is 4.79. The molecule has 10 aromatic carbocycles. The van der Waals surface area contributed by atoms with Crippen LogP contribution in [0.3, 0.4) is 0 Å². The van der Waals surface area contributed by atoms with Crippen LogP contribution >= 0.6 is 0 Å². The number of hydrogen-bond donors (Lipinski definition) is 0. The highest BCUT2D eigenvalue weighted by molar-refractivity contribution is 6.24. The maximum absolute atomic E-state index is 6.67. The van der Waals surface area contributed by atoms with E-state index < -0.39 is 0 Å². The SMILES string of the molecule is CC1(C)c2cc(-c3c4ccccc4c(-c4cccc5ccccc45)c4ccccc34)ccc2-c2ccc(-c3c4ccccc4cc4c3oc3ccccc34)cc21. The molecule has 0 N–H and O–H groups in total. The van der Waals surface area contributed by atoms with Crippen molar-refractivity contribution >= 4 is 65.0 Å². The van der Waals surface area contributed by atoms with Gasteiger partial charge in [0, 0.05) is 21.8 Å². The van der Waals surface area contributed by atoms with Gasteiger partial charge >= 0.3 is 0 Å². The van der Waals surface area contributed by atoms with E-state index in [0.717, 1.165) is 27.5 Å². The Balaban J connectivity index is 1.06. The van der Waals surface area contributed by atoms with Crippen molar-refractivity contribution in [2.75, 3.05) is 0 Å². The van der Waals surface area contributed by atoms with Crippen LogP contribution in [0.25, 0.3) is 110 Å². The smallest absolute Gasteiger partial charge is 0.143 e. The van der Waals surface area contributed by atoms with Gasteiger partial charge in [-0.1, -0.05) is 172 Å². The minimum atomic E-state index is -0.219. The van der Waals surface area contributed by atoms with Gasteiger partial charge in [-0.25, -0.2) is 0 Å². The van der Waals surface area contributed by atoms with Crippen LogP contribution in [0.15, 0.2) is 186 Å². The van der Waals surface area contributed by atoms with Crippen LogP contribution in [-0.2, 0) is 5.41 Å². The maximum Gasteiger partial charge on any atom is 0.143 e. The van der Waals surface area contributed by atoms with Crippen LogP contribution in [-0.4, -0.2) is 0 Å². The van der Waals surface area contributed by atoms with Gasteiger partial charge in [-0.05, 0) is 117 Å². The molecule has 1 heterocycles. The number of para-hydroxylation sites is 1. The van der Waals surface area contributed by atoms with Gasteiger partial charge in [0.1, 0.15) is 11.2 Å². The number of benzene rings is 10. The Bertz CT molecular complexity index is 3390. The average molecular weight is 713 g/mol. The van der Waals surface area contributed by atoms with Crippen molar-refractivity contribution < 1.29 is 4.42 Å². The number of hydrogen-bond acceptors (Lipinski definition) is 1. The molecule has 262 valence electrons. The number of furan rings is 1. The van der Waals surface area contributed by atoms with Crippen LogP contribution in [0.2, 0.25) is 0 Å². The van der Waals surface area contributed by atoms with E-state index in [1.54, 1.807) is 0 Å². The molecule has 0 radical (unpaired) electrons. The first-order valence-electron chi connectivity index (χ1n) is 19.6. The van der Waals surface area contributed by atoms with Crippen LogP contribution in [0.1, 0.15) is 25.0 Å². The Morgan fingerprint density at radius 3 is 1.50 bits per heavy atom. The largest absolute Gasteiger partial charge is 0.455 e. The molecule has 0 fully saturated rings. The highest BCUT2D eigenvalue weighted by Gasteiger charge is 2.36. The van der Waals surface area contributed by atoms with Gasteiger partial charge in [0.25, 0.3) is 0 Å². The first-order chi connectivity index (χ1) is 27.5. The van der Waals surface area contributed by atoms with Crippen LogP contribution in [0, 0.1) is 0 Å². The summed E-state index contributed by atoms with van der Waals surface area (Å²) >= 11 is 0. The third-order valence-corrected chi connectivity index (χ3v) is 12.6. The lowest BCUT2D eigenvalue weighted by atomic mass is 9.79. The highest BCUT2D eigenvalue weighted by Crippen LogP contribution is 2.53. The normalized spacial score (nSPS) is 13.3. The van der Waals surface area contributed by atoms with E-state index in [0.29, 0.717) is 0 Å². The quantitative estimate of drug-likeness (QED) is 0.166. The topological polar surface area (TPSA) is 13.1 Å². The van der Waals surface area contributed by atoms with E-state index in [1.165, 1.54) is 93.2 Å². The maximum atomic E-state index is 6.67. The molecular formula is C55H36O. The van der Waals surface area contributed by atoms with Crippen LogP contribution < -0.4 is 0 Å². The standard InChI is InChI=1S/C55H36O/c1-55(2)48-31-35(51-43-20-7-9-22-45(43)53(46-23-10-8-21-44(46)51)42-24-13-16-33-14-3-5-17-37(33)42)26-28-39(48)40-29-27-36(32-49(40)55)52-38-18-6-4-15-34(38)30-47-41-19-11-12-25-50(41)56-54(47)52/h3-32H,1-2H3. The van der Waals surface area contributed by atoms with Crippen molar-refractivity contribution in [3.8, 4) is 44.5 Å². The fourth-order valence-electron chi connectivity index (χ4n) is 10.0.